The third-order valence-electron chi connectivity index (χ3n) is 3.43. The van der Waals surface area contributed by atoms with Crippen LogP contribution < -0.4 is 10.1 Å². The highest BCUT2D eigenvalue weighted by molar-refractivity contribution is 5.83. The number of furan rings is 1. The van der Waals surface area contributed by atoms with E-state index in [0.717, 1.165) is 33.9 Å². The molecular weight excluding hydrogens is 268 g/mol. The van der Waals surface area contributed by atoms with Gasteiger partial charge in [0.05, 0.1) is 25.4 Å². The minimum Gasteiger partial charge on any atom is -0.493 e. The van der Waals surface area contributed by atoms with Gasteiger partial charge in [-0.05, 0) is 26.0 Å². The zero-order chi connectivity index (χ0) is 14.8. The molecule has 1 N–H and O–H groups in total. The molecule has 2 aromatic heterocycles. The predicted molar refractivity (Wildman–Crippen MR) is 79.3 cm³/mol. The fraction of sp³-hybridized carbons (Fsp3) is 0.312. The molecule has 0 fully saturated rings. The zero-order valence-corrected chi connectivity index (χ0v) is 12.3. The van der Waals surface area contributed by atoms with Crippen molar-refractivity contribution in [3.05, 3.63) is 47.5 Å². The van der Waals surface area contributed by atoms with E-state index in [-0.39, 0.29) is 6.04 Å². The second kappa shape index (κ2) is 5.61. The lowest BCUT2D eigenvalue weighted by Gasteiger charge is -2.09. The topological polar surface area (TPSA) is 60.4 Å². The van der Waals surface area contributed by atoms with E-state index in [9.17, 15) is 0 Å². The molecule has 0 spiro atoms. The van der Waals surface area contributed by atoms with Crippen LogP contribution in [0, 0.1) is 6.92 Å². The van der Waals surface area contributed by atoms with Crippen LogP contribution in [0.1, 0.15) is 30.2 Å². The van der Waals surface area contributed by atoms with Gasteiger partial charge in [-0.25, -0.2) is 0 Å². The molecular formula is C16H18N2O3. The third-order valence-corrected chi connectivity index (χ3v) is 3.43. The molecule has 5 nitrogen and oxygen atoms in total. The Morgan fingerprint density at radius 1 is 1.33 bits per heavy atom. The lowest BCUT2D eigenvalue weighted by atomic mass is 10.2. The Kier molecular flexibility index (Phi) is 3.66. The van der Waals surface area contributed by atoms with E-state index in [4.69, 9.17) is 13.7 Å². The minimum atomic E-state index is 0.0625. The predicted octanol–water partition coefficient (Wildman–Crippen LogP) is 3.59. The molecule has 0 aliphatic rings. The molecule has 0 amide bonds. The summed E-state index contributed by atoms with van der Waals surface area (Å²) in [5.41, 5.74) is 1.66. The average Bonchev–Trinajstić information content (AvgIpc) is 3.10. The minimum absolute atomic E-state index is 0.0625. The number of benzene rings is 1. The van der Waals surface area contributed by atoms with Crippen molar-refractivity contribution in [2.75, 3.05) is 7.11 Å². The summed E-state index contributed by atoms with van der Waals surface area (Å²) in [5, 5.41) is 8.26. The van der Waals surface area contributed by atoms with E-state index in [1.807, 2.05) is 44.2 Å². The lowest BCUT2D eigenvalue weighted by Crippen LogP contribution is -2.17. The summed E-state index contributed by atoms with van der Waals surface area (Å²) in [4.78, 5) is 0. The molecule has 0 aliphatic carbocycles. The van der Waals surface area contributed by atoms with Gasteiger partial charge in [0.2, 0.25) is 0 Å². The maximum absolute atomic E-state index is 5.91. The van der Waals surface area contributed by atoms with Crippen LogP contribution in [0.4, 0.5) is 0 Å². The van der Waals surface area contributed by atoms with Crippen LogP contribution in [0.15, 0.2) is 39.3 Å². The van der Waals surface area contributed by atoms with E-state index >= 15 is 0 Å². The van der Waals surface area contributed by atoms with Crippen molar-refractivity contribution in [3.63, 3.8) is 0 Å². The van der Waals surface area contributed by atoms with Crippen molar-refractivity contribution >= 4 is 11.0 Å². The highest BCUT2D eigenvalue weighted by atomic mass is 16.5. The molecule has 3 aromatic rings. The van der Waals surface area contributed by atoms with Crippen LogP contribution in [0.3, 0.4) is 0 Å². The van der Waals surface area contributed by atoms with Gasteiger partial charge in [0.25, 0.3) is 0 Å². The Bertz CT molecular complexity index is 745. The van der Waals surface area contributed by atoms with Crippen LogP contribution in [0.25, 0.3) is 11.0 Å². The first-order valence-corrected chi connectivity index (χ1v) is 6.89. The summed E-state index contributed by atoms with van der Waals surface area (Å²) in [5.74, 6) is 2.43. The van der Waals surface area contributed by atoms with Crippen LogP contribution in [-0.4, -0.2) is 12.3 Å². The highest BCUT2D eigenvalue weighted by Crippen LogP contribution is 2.30. The molecule has 21 heavy (non-hydrogen) atoms. The van der Waals surface area contributed by atoms with E-state index in [0.29, 0.717) is 6.54 Å². The molecule has 0 bridgehead atoms. The largest absolute Gasteiger partial charge is 0.493 e. The van der Waals surface area contributed by atoms with Gasteiger partial charge in [-0.3, -0.25) is 0 Å². The smallest absolute Gasteiger partial charge is 0.176 e. The molecule has 110 valence electrons. The number of aromatic nitrogens is 1. The monoisotopic (exact) mass is 286 g/mol. The van der Waals surface area contributed by atoms with Crippen molar-refractivity contribution in [1.29, 1.82) is 0 Å². The number of nitrogens with one attached hydrogen (secondary N) is 1. The number of hydrogen-bond donors (Lipinski definition) is 1. The van der Waals surface area contributed by atoms with E-state index in [1.54, 1.807) is 7.11 Å². The summed E-state index contributed by atoms with van der Waals surface area (Å²) >= 11 is 0. The maximum atomic E-state index is 5.91. The number of rotatable bonds is 5. The number of fused-ring (bicyclic) bond motifs is 1. The van der Waals surface area contributed by atoms with Crippen LogP contribution in [0.2, 0.25) is 0 Å². The van der Waals surface area contributed by atoms with Gasteiger partial charge in [0.15, 0.2) is 17.1 Å². The Hall–Kier alpha value is -2.27. The van der Waals surface area contributed by atoms with Gasteiger partial charge in [-0.1, -0.05) is 17.3 Å². The van der Waals surface area contributed by atoms with E-state index < -0.39 is 0 Å². The summed E-state index contributed by atoms with van der Waals surface area (Å²) in [7, 11) is 1.64. The third kappa shape index (κ3) is 2.78. The first-order valence-electron chi connectivity index (χ1n) is 6.89. The molecule has 0 aliphatic heterocycles. The molecule has 3 rings (SSSR count). The number of hydrogen-bond acceptors (Lipinski definition) is 5. The normalized spacial score (nSPS) is 12.7. The molecule has 0 saturated heterocycles. The first kappa shape index (κ1) is 13.7. The second-order valence-corrected chi connectivity index (χ2v) is 5.06. The van der Waals surface area contributed by atoms with Crippen LogP contribution in [0.5, 0.6) is 5.75 Å². The van der Waals surface area contributed by atoms with Gasteiger partial charge < -0.3 is 19.0 Å². The van der Waals surface area contributed by atoms with Crippen molar-refractivity contribution in [2.45, 2.75) is 26.4 Å². The Morgan fingerprint density at radius 2 is 2.19 bits per heavy atom. The molecule has 1 atom stereocenters. The molecule has 1 aromatic carbocycles. The second-order valence-electron chi connectivity index (χ2n) is 5.06. The summed E-state index contributed by atoms with van der Waals surface area (Å²) < 4.78 is 16.4. The van der Waals surface area contributed by atoms with Gasteiger partial charge in [-0.2, -0.15) is 0 Å². The van der Waals surface area contributed by atoms with E-state index in [1.165, 1.54) is 0 Å². The van der Waals surface area contributed by atoms with Crippen LogP contribution >= 0.6 is 0 Å². The molecule has 1 unspecified atom stereocenters. The Morgan fingerprint density at radius 3 is 2.90 bits per heavy atom. The zero-order valence-electron chi connectivity index (χ0n) is 12.3. The van der Waals surface area contributed by atoms with Crippen molar-refractivity contribution in [1.82, 2.24) is 10.5 Å². The molecule has 5 heteroatoms. The summed E-state index contributed by atoms with van der Waals surface area (Å²) in [6.45, 7) is 4.56. The average molecular weight is 286 g/mol. The first-order chi connectivity index (χ1) is 10.2. The van der Waals surface area contributed by atoms with Gasteiger partial charge in [0, 0.05) is 11.5 Å². The fourth-order valence-corrected chi connectivity index (χ4v) is 2.28. The maximum Gasteiger partial charge on any atom is 0.176 e. The standard InChI is InChI=1S/C16H18N2O3/c1-10-7-13(21-18-10)9-17-11(2)15-8-12-5-4-6-14(19-3)16(12)20-15/h4-8,11,17H,9H2,1-3H3. The summed E-state index contributed by atoms with van der Waals surface area (Å²) in [6, 6.07) is 9.87. The number of methoxy groups -OCH3 is 1. The fourth-order valence-electron chi connectivity index (χ4n) is 2.28. The number of nitrogens with zero attached hydrogens (tertiary/aromatic N) is 1. The number of ether oxygens (including phenoxy) is 1. The number of aryl methyl sites for hydroxylation is 1. The summed E-state index contributed by atoms with van der Waals surface area (Å²) in [6.07, 6.45) is 0. The van der Waals surface area contributed by atoms with Crippen molar-refractivity contribution < 1.29 is 13.7 Å². The van der Waals surface area contributed by atoms with Crippen molar-refractivity contribution in [2.24, 2.45) is 0 Å². The quantitative estimate of drug-likeness (QED) is 0.776. The van der Waals surface area contributed by atoms with Gasteiger partial charge in [0.1, 0.15) is 5.76 Å². The van der Waals surface area contributed by atoms with Gasteiger partial charge >= 0.3 is 0 Å². The molecule has 0 saturated carbocycles. The van der Waals surface area contributed by atoms with Crippen LogP contribution in [-0.2, 0) is 6.54 Å². The van der Waals surface area contributed by atoms with Crippen molar-refractivity contribution in [3.8, 4) is 5.75 Å². The SMILES string of the molecule is COc1cccc2cc(C(C)NCc3cc(C)no3)oc12. The lowest BCUT2D eigenvalue weighted by molar-refractivity contribution is 0.354. The number of para-hydroxylation sites is 1. The molecule has 2 heterocycles. The van der Waals surface area contributed by atoms with Gasteiger partial charge in [-0.15, -0.1) is 0 Å². The molecule has 0 radical (unpaired) electrons. The van der Waals surface area contributed by atoms with E-state index in [2.05, 4.69) is 10.5 Å². The Balaban J connectivity index is 1.76. The highest BCUT2D eigenvalue weighted by Gasteiger charge is 2.14. The Labute approximate surface area is 122 Å².